The molecule has 0 bridgehead atoms. The van der Waals surface area contributed by atoms with Gasteiger partial charge in [0.15, 0.2) is 0 Å². The van der Waals surface area contributed by atoms with Gasteiger partial charge in [-0.15, -0.1) is 0 Å². The summed E-state index contributed by atoms with van der Waals surface area (Å²) in [6.07, 6.45) is 1.03. The molecule has 84 valence electrons. The van der Waals surface area contributed by atoms with Crippen LogP contribution in [-0.4, -0.2) is 15.7 Å². The molecule has 0 saturated heterocycles. The van der Waals surface area contributed by atoms with Crippen LogP contribution in [0.25, 0.3) is 0 Å². The Labute approximate surface area is 88.4 Å². The van der Waals surface area contributed by atoms with Crippen LogP contribution in [0.2, 0.25) is 0 Å². The normalized spacial score (nSPS) is 10.6. The lowest BCUT2D eigenvalue weighted by molar-refractivity contribution is 0.597. The number of hydrogen-bond acceptors (Lipinski definition) is 3. The van der Waals surface area contributed by atoms with Crippen molar-refractivity contribution < 1.29 is 0 Å². The highest BCUT2D eigenvalue weighted by Crippen LogP contribution is 1.89. The van der Waals surface area contributed by atoms with Crippen molar-refractivity contribution in [3.05, 3.63) is 32.6 Å². The molecule has 0 aliphatic carbocycles. The fraction of sp³-hybridized carbons (Fsp3) is 0.600. The average Bonchev–Trinajstić information content (AvgIpc) is 2.23. The summed E-state index contributed by atoms with van der Waals surface area (Å²) in [6.45, 7) is 3.50. The first kappa shape index (κ1) is 11.7. The van der Waals surface area contributed by atoms with E-state index in [0.717, 1.165) is 23.2 Å². The maximum atomic E-state index is 11.5. The third-order valence-electron chi connectivity index (χ3n) is 2.36. The molecule has 1 aromatic rings. The maximum Gasteiger partial charge on any atom is 0.330 e. The summed E-state index contributed by atoms with van der Waals surface area (Å²) in [4.78, 5) is 22.9. The van der Waals surface area contributed by atoms with Crippen molar-refractivity contribution >= 4 is 0 Å². The SMILES string of the molecule is CCCNCc1cc(=O)n(C)c(=O)n1C. The van der Waals surface area contributed by atoms with Gasteiger partial charge in [0.1, 0.15) is 0 Å². The average molecular weight is 211 g/mol. The minimum absolute atomic E-state index is 0.258. The first-order chi connectivity index (χ1) is 7.07. The van der Waals surface area contributed by atoms with Crippen molar-refractivity contribution in [3.63, 3.8) is 0 Å². The molecule has 1 rings (SSSR count). The summed E-state index contributed by atoms with van der Waals surface area (Å²) in [7, 11) is 3.15. The van der Waals surface area contributed by atoms with E-state index < -0.39 is 0 Å². The van der Waals surface area contributed by atoms with Crippen LogP contribution in [0.5, 0.6) is 0 Å². The Hall–Kier alpha value is -1.36. The molecular formula is C10H17N3O2. The molecule has 0 radical (unpaired) electrons. The second-order valence-electron chi connectivity index (χ2n) is 3.55. The van der Waals surface area contributed by atoms with Gasteiger partial charge in [0, 0.05) is 32.4 Å². The Balaban J connectivity index is 3.00. The van der Waals surface area contributed by atoms with Crippen LogP contribution in [-0.2, 0) is 20.6 Å². The largest absolute Gasteiger partial charge is 0.330 e. The molecule has 15 heavy (non-hydrogen) atoms. The molecule has 0 aromatic carbocycles. The quantitative estimate of drug-likeness (QED) is 0.688. The summed E-state index contributed by atoms with van der Waals surface area (Å²) in [6, 6.07) is 1.49. The predicted molar refractivity (Wildman–Crippen MR) is 58.9 cm³/mol. The van der Waals surface area contributed by atoms with Gasteiger partial charge in [-0.3, -0.25) is 13.9 Å². The Kier molecular flexibility index (Phi) is 3.85. The van der Waals surface area contributed by atoms with Crippen LogP contribution in [0.3, 0.4) is 0 Å². The zero-order chi connectivity index (χ0) is 11.4. The highest BCUT2D eigenvalue weighted by atomic mass is 16.2. The number of nitrogens with zero attached hydrogens (tertiary/aromatic N) is 2. The molecule has 0 aliphatic heterocycles. The second kappa shape index (κ2) is 4.93. The Morgan fingerprint density at radius 1 is 1.27 bits per heavy atom. The summed E-state index contributed by atoms with van der Waals surface area (Å²) in [5.41, 5.74) is 0.179. The molecule has 0 aliphatic rings. The molecule has 1 N–H and O–H groups in total. The van der Waals surface area contributed by atoms with Gasteiger partial charge in [-0.1, -0.05) is 6.92 Å². The van der Waals surface area contributed by atoms with Crippen LogP contribution >= 0.6 is 0 Å². The van der Waals surface area contributed by atoms with Gasteiger partial charge in [0.05, 0.1) is 0 Å². The second-order valence-corrected chi connectivity index (χ2v) is 3.55. The van der Waals surface area contributed by atoms with E-state index in [1.807, 2.05) is 0 Å². The first-order valence-electron chi connectivity index (χ1n) is 5.04. The smallest absolute Gasteiger partial charge is 0.311 e. The van der Waals surface area contributed by atoms with E-state index in [0.29, 0.717) is 6.54 Å². The van der Waals surface area contributed by atoms with Gasteiger partial charge >= 0.3 is 5.69 Å². The highest BCUT2D eigenvalue weighted by Gasteiger charge is 2.04. The molecule has 1 heterocycles. The molecule has 0 saturated carbocycles. The molecule has 0 spiro atoms. The summed E-state index contributed by atoms with van der Waals surface area (Å²) < 4.78 is 2.59. The van der Waals surface area contributed by atoms with Gasteiger partial charge in [-0.2, -0.15) is 0 Å². The summed E-state index contributed by atoms with van der Waals surface area (Å²) in [5, 5.41) is 3.16. The van der Waals surface area contributed by atoms with E-state index in [9.17, 15) is 9.59 Å². The fourth-order valence-corrected chi connectivity index (χ4v) is 1.34. The number of hydrogen-bond donors (Lipinski definition) is 1. The van der Waals surface area contributed by atoms with E-state index in [-0.39, 0.29) is 11.2 Å². The molecular weight excluding hydrogens is 194 g/mol. The monoisotopic (exact) mass is 211 g/mol. The van der Waals surface area contributed by atoms with Gasteiger partial charge in [0.2, 0.25) is 0 Å². The number of nitrogens with one attached hydrogen (secondary N) is 1. The van der Waals surface area contributed by atoms with Crippen molar-refractivity contribution in [2.75, 3.05) is 6.54 Å². The van der Waals surface area contributed by atoms with Crippen LogP contribution in [0.15, 0.2) is 15.7 Å². The van der Waals surface area contributed by atoms with Crippen molar-refractivity contribution in [2.24, 2.45) is 14.1 Å². The van der Waals surface area contributed by atoms with E-state index >= 15 is 0 Å². The maximum absolute atomic E-state index is 11.5. The minimum atomic E-state index is -0.282. The van der Waals surface area contributed by atoms with Gasteiger partial charge < -0.3 is 5.32 Å². The lowest BCUT2D eigenvalue weighted by Crippen LogP contribution is -2.39. The third kappa shape index (κ3) is 2.56. The number of rotatable bonds is 4. The Morgan fingerprint density at radius 3 is 2.53 bits per heavy atom. The van der Waals surface area contributed by atoms with Crippen molar-refractivity contribution in [1.82, 2.24) is 14.5 Å². The first-order valence-corrected chi connectivity index (χ1v) is 5.04. The third-order valence-corrected chi connectivity index (χ3v) is 2.36. The molecule has 5 heteroatoms. The molecule has 5 nitrogen and oxygen atoms in total. The van der Waals surface area contributed by atoms with Crippen molar-refractivity contribution in [1.29, 1.82) is 0 Å². The van der Waals surface area contributed by atoms with Crippen LogP contribution in [0.1, 0.15) is 19.0 Å². The standard InChI is InChI=1S/C10H17N3O2/c1-4-5-11-7-8-6-9(14)13(3)10(15)12(8)2/h6,11H,4-5,7H2,1-3H3. The number of aromatic nitrogens is 2. The van der Waals surface area contributed by atoms with E-state index in [4.69, 9.17) is 0 Å². The van der Waals surface area contributed by atoms with E-state index in [2.05, 4.69) is 12.2 Å². The molecule has 1 aromatic heterocycles. The van der Waals surface area contributed by atoms with Crippen LogP contribution in [0.4, 0.5) is 0 Å². The zero-order valence-corrected chi connectivity index (χ0v) is 9.41. The van der Waals surface area contributed by atoms with Crippen molar-refractivity contribution in [3.8, 4) is 0 Å². The Morgan fingerprint density at radius 2 is 1.93 bits per heavy atom. The van der Waals surface area contributed by atoms with Gasteiger partial charge in [-0.05, 0) is 13.0 Å². The summed E-state index contributed by atoms with van der Waals surface area (Å²) >= 11 is 0. The molecule has 0 amide bonds. The molecule has 0 fully saturated rings. The van der Waals surface area contributed by atoms with Gasteiger partial charge in [0.25, 0.3) is 5.56 Å². The summed E-state index contributed by atoms with van der Waals surface area (Å²) in [5.74, 6) is 0. The molecule has 0 unspecified atom stereocenters. The van der Waals surface area contributed by atoms with Gasteiger partial charge in [-0.25, -0.2) is 4.79 Å². The highest BCUT2D eigenvalue weighted by molar-refractivity contribution is 5.01. The minimum Gasteiger partial charge on any atom is -0.311 e. The predicted octanol–water partition coefficient (Wildman–Crippen LogP) is -0.416. The fourth-order valence-electron chi connectivity index (χ4n) is 1.34. The Bertz CT molecular complexity index is 445. The van der Waals surface area contributed by atoms with Crippen LogP contribution < -0.4 is 16.6 Å². The molecule has 0 atom stereocenters. The van der Waals surface area contributed by atoms with Crippen LogP contribution in [0, 0.1) is 0 Å². The topological polar surface area (TPSA) is 56.0 Å². The lowest BCUT2D eigenvalue weighted by Gasteiger charge is -2.09. The van der Waals surface area contributed by atoms with Crippen molar-refractivity contribution in [2.45, 2.75) is 19.9 Å². The lowest BCUT2D eigenvalue weighted by atomic mass is 10.3. The van der Waals surface area contributed by atoms with E-state index in [1.165, 1.54) is 17.7 Å². The van der Waals surface area contributed by atoms with E-state index in [1.54, 1.807) is 7.05 Å². The zero-order valence-electron chi connectivity index (χ0n) is 9.41.